The van der Waals surface area contributed by atoms with E-state index < -0.39 is 17.8 Å². The van der Waals surface area contributed by atoms with E-state index in [1.807, 2.05) is 67.6 Å². The lowest BCUT2D eigenvalue weighted by Crippen LogP contribution is -2.28. The first-order valence-corrected chi connectivity index (χ1v) is 9.82. The third-order valence-corrected chi connectivity index (χ3v) is 5.18. The number of carbonyl (C=O) groups excluding carboxylic acids is 3. The van der Waals surface area contributed by atoms with Gasteiger partial charge in [-0.05, 0) is 42.0 Å². The Morgan fingerprint density at radius 2 is 1.77 bits per heavy atom. The van der Waals surface area contributed by atoms with Crippen LogP contribution in [-0.4, -0.2) is 30.9 Å². The van der Waals surface area contributed by atoms with Gasteiger partial charge < -0.3 is 15.0 Å². The molecule has 1 heterocycles. The van der Waals surface area contributed by atoms with E-state index in [1.165, 1.54) is 0 Å². The fourth-order valence-electron chi connectivity index (χ4n) is 3.56. The molecule has 2 amide bonds. The highest BCUT2D eigenvalue weighted by atomic mass is 16.5. The maximum atomic E-state index is 12.4. The van der Waals surface area contributed by atoms with Crippen molar-refractivity contribution in [2.24, 2.45) is 5.92 Å². The molecular formula is C24H22N2O4. The number of nitrogens with one attached hydrogen (secondary N) is 1. The van der Waals surface area contributed by atoms with Gasteiger partial charge in [-0.1, -0.05) is 48.0 Å². The molecule has 0 radical (unpaired) electrons. The van der Waals surface area contributed by atoms with Crippen LogP contribution in [0.2, 0.25) is 0 Å². The number of ether oxygens (including phenoxy) is 1. The lowest BCUT2D eigenvalue weighted by molar-refractivity contribution is -0.151. The van der Waals surface area contributed by atoms with Gasteiger partial charge in [-0.3, -0.25) is 14.4 Å². The molecular weight excluding hydrogens is 380 g/mol. The number of benzene rings is 3. The van der Waals surface area contributed by atoms with E-state index in [0.29, 0.717) is 5.69 Å². The van der Waals surface area contributed by atoms with Crippen molar-refractivity contribution in [2.75, 3.05) is 23.4 Å². The molecule has 1 saturated heterocycles. The summed E-state index contributed by atoms with van der Waals surface area (Å²) >= 11 is 0. The molecule has 30 heavy (non-hydrogen) atoms. The Balaban J connectivity index is 1.31. The molecule has 1 atom stereocenters. The van der Waals surface area contributed by atoms with Crippen LogP contribution in [-0.2, 0) is 19.1 Å². The predicted molar refractivity (Wildman–Crippen MR) is 115 cm³/mol. The van der Waals surface area contributed by atoms with Crippen molar-refractivity contribution in [2.45, 2.75) is 13.3 Å². The first-order chi connectivity index (χ1) is 14.5. The van der Waals surface area contributed by atoms with Crippen LogP contribution < -0.4 is 10.2 Å². The number of anilines is 2. The molecule has 1 fully saturated rings. The smallest absolute Gasteiger partial charge is 0.311 e. The zero-order chi connectivity index (χ0) is 21.1. The molecule has 3 aromatic carbocycles. The minimum atomic E-state index is -0.577. The molecule has 0 unspecified atom stereocenters. The van der Waals surface area contributed by atoms with Gasteiger partial charge >= 0.3 is 5.97 Å². The van der Waals surface area contributed by atoms with Gasteiger partial charge in [0.25, 0.3) is 5.91 Å². The van der Waals surface area contributed by atoms with Gasteiger partial charge in [0.15, 0.2) is 6.61 Å². The second kappa shape index (κ2) is 8.37. The topological polar surface area (TPSA) is 75.7 Å². The van der Waals surface area contributed by atoms with E-state index in [2.05, 4.69) is 5.32 Å². The zero-order valence-electron chi connectivity index (χ0n) is 16.6. The summed E-state index contributed by atoms with van der Waals surface area (Å²) in [7, 11) is 0. The third-order valence-electron chi connectivity index (χ3n) is 5.18. The fourth-order valence-corrected chi connectivity index (χ4v) is 3.56. The van der Waals surface area contributed by atoms with Crippen LogP contribution in [0, 0.1) is 12.8 Å². The molecule has 0 saturated carbocycles. The molecule has 4 rings (SSSR count). The molecule has 1 aliphatic heterocycles. The van der Waals surface area contributed by atoms with Crippen LogP contribution in [0.4, 0.5) is 11.4 Å². The van der Waals surface area contributed by atoms with Gasteiger partial charge in [-0.15, -0.1) is 0 Å². The molecule has 1 N–H and O–H groups in total. The van der Waals surface area contributed by atoms with Crippen molar-refractivity contribution in [3.63, 3.8) is 0 Å². The molecule has 0 bridgehead atoms. The lowest BCUT2D eigenvalue weighted by atomic mass is 10.1. The minimum absolute atomic E-state index is 0.0823. The van der Waals surface area contributed by atoms with Crippen molar-refractivity contribution in [3.05, 3.63) is 72.3 Å². The Morgan fingerprint density at radius 1 is 1.03 bits per heavy atom. The lowest BCUT2D eigenvalue weighted by Gasteiger charge is -2.16. The summed E-state index contributed by atoms with van der Waals surface area (Å²) in [6.45, 7) is 1.84. The standard InChI is InChI=1S/C24H22N2O4/c1-16-6-10-21(11-7-16)26-14-19(13-23(26)28)24(29)30-15-22(27)25-20-9-8-17-4-2-3-5-18(17)12-20/h2-12,19H,13-15H2,1H3,(H,25,27)/t19-/m1/s1. The first-order valence-electron chi connectivity index (χ1n) is 9.82. The third kappa shape index (κ3) is 4.33. The quantitative estimate of drug-likeness (QED) is 0.661. The average molecular weight is 402 g/mol. The van der Waals surface area contributed by atoms with Crippen LogP contribution in [0.3, 0.4) is 0 Å². The van der Waals surface area contributed by atoms with Crippen molar-refractivity contribution in [3.8, 4) is 0 Å². The minimum Gasteiger partial charge on any atom is -0.455 e. The Bertz CT molecular complexity index is 1110. The van der Waals surface area contributed by atoms with Crippen LogP contribution in [0.5, 0.6) is 0 Å². The Kier molecular flexibility index (Phi) is 5.48. The zero-order valence-corrected chi connectivity index (χ0v) is 16.6. The second-order valence-electron chi connectivity index (χ2n) is 7.46. The number of aryl methyl sites for hydroxylation is 1. The second-order valence-corrected chi connectivity index (χ2v) is 7.46. The van der Waals surface area contributed by atoms with Crippen molar-refractivity contribution < 1.29 is 19.1 Å². The van der Waals surface area contributed by atoms with E-state index in [4.69, 9.17) is 4.74 Å². The number of rotatable bonds is 5. The summed E-state index contributed by atoms with van der Waals surface area (Å²) in [4.78, 5) is 38.4. The normalized spacial score (nSPS) is 16.0. The van der Waals surface area contributed by atoms with Gasteiger partial charge in [-0.25, -0.2) is 0 Å². The van der Waals surface area contributed by atoms with Crippen LogP contribution in [0.15, 0.2) is 66.7 Å². The summed E-state index contributed by atoms with van der Waals surface area (Å²) in [5.74, 6) is -1.65. The summed E-state index contributed by atoms with van der Waals surface area (Å²) < 4.78 is 5.17. The van der Waals surface area contributed by atoms with Gasteiger partial charge in [-0.2, -0.15) is 0 Å². The predicted octanol–water partition coefficient (Wildman–Crippen LogP) is 3.68. The van der Waals surface area contributed by atoms with Gasteiger partial charge in [0.1, 0.15) is 0 Å². The number of carbonyl (C=O) groups is 3. The molecule has 6 heteroatoms. The molecule has 0 aliphatic carbocycles. The van der Waals surface area contributed by atoms with Gasteiger partial charge in [0, 0.05) is 24.3 Å². The highest BCUT2D eigenvalue weighted by Gasteiger charge is 2.36. The van der Waals surface area contributed by atoms with Crippen molar-refractivity contribution in [1.82, 2.24) is 0 Å². The monoisotopic (exact) mass is 402 g/mol. The number of amides is 2. The number of nitrogens with zero attached hydrogens (tertiary/aromatic N) is 1. The summed E-state index contributed by atoms with van der Waals surface area (Å²) in [5.41, 5.74) is 2.49. The number of hydrogen-bond acceptors (Lipinski definition) is 4. The number of fused-ring (bicyclic) bond motifs is 1. The number of hydrogen-bond donors (Lipinski definition) is 1. The van der Waals surface area contributed by atoms with Crippen LogP contribution in [0.25, 0.3) is 10.8 Å². The van der Waals surface area contributed by atoms with Gasteiger partial charge in [0.05, 0.1) is 5.92 Å². The van der Waals surface area contributed by atoms with Crippen LogP contribution >= 0.6 is 0 Å². The molecule has 0 spiro atoms. The maximum Gasteiger partial charge on any atom is 0.311 e. The molecule has 0 aromatic heterocycles. The average Bonchev–Trinajstić information content (AvgIpc) is 3.14. The van der Waals surface area contributed by atoms with Crippen molar-refractivity contribution >= 4 is 39.9 Å². The van der Waals surface area contributed by atoms with Gasteiger partial charge in [0.2, 0.25) is 5.91 Å². The van der Waals surface area contributed by atoms with E-state index in [0.717, 1.165) is 22.0 Å². The first kappa shape index (κ1) is 19.6. The van der Waals surface area contributed by atoms with E-state index in [9.17, 15) is 14.4 Å². The maximum absolute atomic E-state index is 12.4. The van der Waals surface area contributed by atoms with Crippen molar-refractivity contribution in [1.29, 1.82) is 0 Å². The molecule has 1 aliphatic rings. The highest BCUT2D eigenvalue weighted by molar-refractivity contribution is 6.00. The number of esters is 1. The largest absolute Gasteiger partial charge is 0.455 e. The SMILES string of the molecule is Cc1ccc(N2C[C@H](C(=O)OCC(=O)Nc3ccc4ccccc4c3)CC2=O)cc1. The van der Waals surface area contributed by atoms with E-state index >= 15 is 0 Å². The Morgan fingerprint density at radius 3 is 2.53 bits per heavy atom. The Labute approximate surface area is 174 Å². The highest BCUT2D eigenvalue weighted by Crippen LogP contribution is 2.26. The molecule has 152 valence electrons. The molecule has 6 nitrogen and oxygen atoms in total. The summed E-state index contributed by atoms with van der Waals surface area (Å²) in [5, 5.41) is 4.82. The molecule has 3 aromatic rings. The van der Waals surface area contributed by atoms with E-state index in [-0.39, 0.29) is 25.5 Å². The Hall–Kier alpha value is -3.67. The summed E-state index contributed by atoms with van der Waals surface area (Å²) in [6, 6.07) is 21.0. The summed E-state index contributed by atoms with van der Waals surface area (Å²) in [6.07, 6.45) is 0.0823. The van der Waals surface area contributed by atoms with E-state index in [1.54, 1.807) is 11.0 Å². The fraction of sp³-hybridized carbons (Fsp3) is 0.208. The van der Waals surface area contributed by atoms with Crippen LogP contribution in [0.1, 0.15) is 12.0 Å².